The zero-order chi connectivity index (χ0) is 16.8. The second-order valence-electron chi connectivity index (χ2n) is 5.60. The van der Waals surface area contributed by atoms with Gasteiger partial charge in [0.05, 0.1) is 0 Å². The molecule has 1 aromatic carbocycles. The van der Waals surface area contributed by atoms with Crippen LogP contribution in [-0.4, -0.2) is 50.1 Å². The van der Waals surface area contributed by atoms with Crippen LogP contribution >= 0.6 is 0 Å². The van der Waals surface area contributed by atoms with E-state index in [9.17, 15) is 9.59 Å². The van der Waals surface area contributed by atoms with Crippen molar-refractivity contribution in [2.45, 2.75) is 26.7 Å². The van der Waals surface area contributed by atoms with E-state index in [4.69, 9.17) is 9.47 Å². The van der Waals surface area contributed by atoms with Crippen molar-refractivity contribution in [3.63, 3.8) is 0 Å². The molecule has 0 atom stereocenters. The minimum atomic E-state index is -0.182. The lowest BCUT2D eigenvalue weighted by Crippen LogP contribution is -2.41. The smallest absolute Gasteiger partial charge is 0.242 e. The van der Waals surface area contributed by atoms with E-state index in [1.165, 1.54) is 11.8 Å². The van der Waals surface area contributed by atoms with Gasteiger partial charge in [-0.15, -0.1) is 0 Å². The largest absolute Gasteiger partial charge is 0.486 e. The summed E-state index contributed by atoms with van der Waals surface area (Å²) in [5, 5.41) is 0. The van der Waals surface area contributed by atoms with Crippen molar-refractivity contribution < 1.29 is 19.1 Å². The van der Waals surface area contributed by atoms with Crippen molar-refractivity contribution >= 4 is 17.5 Å². The molecule has 23 heavy (non-hydrogen) atoms. The Kier molecular flexibility index (Phi) is 5.84. The molecule has 1 heterocycles. The number of unbranched alkanes of at least 4 members (excludes halogenated alkanes) is 1. The van der Waals surface area contributed by atoms with Crippen LogP contribution in [0.15, 0.2) is 18.2 Å². The molecule has 1 aliphatic heterocycles. The van der Waals surface area contributed by atoms with Crippen molar-refractivity contribution in [2.75, 3.05) is 38.3 Å². The highest BCUT2D eigenvalue weighted by Gasteiger charge is 2.21. The molecule has 126 valence electrons. The van der Waals surface area contributed by atoms with Crippen LogP contribution in [-0.2, 0) is 9.59 Å². The van der Waals surface area contributed by atoms with E-state index < -0.39 is 0 Å². The van der Waals surface area contributed by atoms with Gasteiger partial charge in [-0.05, 0) is 18.6 Å². The van der Waals surface area contributed by atoms with Gasteiger partial charge < -0.3 is 19.3 Å². The predicted molar refractivity (Wildman–Crippen MR) is 88.0 cm³/mol. The summed E-state index contributed by atoms with van der Waals surface area (Å²) < 4.78 is 11.0. The van der Waals surface area contributed by atoms with Crippen molar-refractivity contribution in [1.29, 1.82) is 0 Å². The number of fused-ring (bicyclic) bond motifs is 1. The molecular formula is C17H24N2O4. The van der Waals surface area contributed by atoms with E-state index in [0.29, 0.717) is 36.9 Å². The van der Waals surface area contributed by atoms with E-state index >= 15 is 0 Å². The summed E-state index contributed by atoms with van der Waals surface area (Å²) in [4.78, 5) is 27.4. The molecule has 0 N–H and O–H groups in total. The molecule has 1 aliphatic rings. The number of anilines is 1. The summed E-state index contributed by atoms with van der Waals surface area (Å²) in [5.74, 6) is 1.00. The number of carbonyl (C=O) groups excluding carboxylic acids is 2. The van der Waals surface area contributed by atoms with Crippen LogP contribution in [0.1, 0.15) is 26.7 Å². The number of hydrogen-bond donors (Lipinski definition) is 0. The first-order valence-electron chi connectivity index (χ1n) is 7.94. The van der Waals surface area contributed by atoms with Gasteiger partial charge in [0, 0.05) is 32.3 Å². The molecular weight excluding hydrogens is 296 g/mol. The Morgan fingerprint density at radius 1 is 1.17 bits per heavy atom. The van der Waals surface area contributed by atoms with Gasteiger partial charge >= 0.3 is 0 Å². The molecule has 0 aliphatic carbocycles. The average Bonchev–Trinajstić information content (AvgIpc) is 2.56. The van der Waals surface area contributed by atoms with Crippen molar-refractivity contribution in [3.8, 4) is 11.5 Å². The highest BCUT2D eigenvalue weighted by atomic mass is 16.6. The van der Waals surface area contributed by atoms with Crippen LogP contribution in [0.3, 0.4) is 0 Å². The maximum atomic E-state index is 12.3. The minimum absolute atomic E-state index is 0.0230. The third-order valence-corrected chi connectivity index (χ3v) is 3.78. The van der Waals surface area contributed by atoms with Crippen LogP contribution in [0.5, 0.6) is 11.5 Å². The third-order valence-electron chi connectivity index (χ3n) is 3.78. The Morgan fingerprint density at radius 3 is 2.52 bits per heavy atom. The molecule has 0 saturated carbocycles. The standard InChI is InChI=1S/C17H24N2O4/c1-4-5-8-18(3)17(21)12-19(13(2)20)14-6-7-15-16(11-14)23-10-9-22-15/h6-7,11H,4-5,8-10,12H2,1-3H3. The Morgan fingerprint density at radius 2 is 1.87 bits per heavy atom. The lowest BCUT2D eigenvalue weighted by molar-refractivity contribution is -0.130. The summed E-state index contributed by atoms with van der Waals surface area (Å²) in [5.41, 5.74) is 0.638. The van der Waals surface area contributed by atoms with Gasteiger partial charge in [0.2, 0.25) is 11.8 Å². The first-order chi connectivity index (χ1) is 11.0. The maximum Gasteiger partial charge on any atom is 0.242 e. The number of nitrogens with zero attached hydrogens (tertiary/aromatic N) is 2. The van der Waals surface area contributed by atoms with Gasteiger partial charge in [-0.1, -0.05) is 13.3 Å². The summed E-state index contributed by atoms with van der Waals surface area (Å²) in [6.07, 6.45) is 1.97. The number of amides is 2. The fourth-order valence-electron chi connectivity index (χ4n) is 2.36. The Bertz CT molecular complexity index is 574. The van der Waals surface area contributed by atoms with Crippen LogP contribution < -0.4 is 14.4 Å². The second-order valence-corrected chi connectivity index (χ2v) is 5.60. The van der Waals surface area contributed by atoms with Crippen LogP contribution in [0.25, 0.3) is 0 Å². The molecule has 2 amide bonds. The zero-order valence-corrected chi connectivity index (χ0v) is 14.0. The lowest BCUT2D eigenvalue weighted by Gasteiger charge is -2.26. The van der Waals surface area contributed by atoms with Crippen molar-refractivity contribution in [3.05, 3.63) is 18.2 Å². The summed E-state index contributed by atoms with van der Waals surface area (Å²) in [7, 11) is 1.76. The molecule has 2 rings (SSSR count). The van der Waals surface area contributed by atoms with E-state index in [2.05, 4.69) is 6.92 Å². The van der Waals surface area contributed by atoms with Gasteiger partial charge in [0.15, 0.2) is 11.5 Å². The number of hydrogen-bond acceptors (Lipinski definition) is 4. The molecule has 0 aromatic heterocycles. The predicted octanol–water partition coefficient (Wildman–Crippen LogP) is 2.07. The summed E-state index contributed by atoms with van der Waals surface area (Å²) >= 11 is 0. The van der Waals surface area contributed by atoms with E-state index in [1.54, 1.807) is 30.1 Å². The number of ether oxygens (including phenoxy) is 2. The minimum Gasteiger partial charge on any atom is -0.486 e. The Hall–Kier alpha value is -2.24. The molecule has 0 radical (unpaired) electrons. The van der Waals surface area contributed by atoms with Gasteiger partial charge in [0.25, 0.3) is 0 Å². The maximum absolute atomic E-state index is 12.3. The second kappa shape index (κ2) is 7.85. The van der Waals surface area contributed by atoms with E-state index in [0.717, 1.165) is 12.8 Å². The Labute approximate surface area is 137 Å². The lowest BCUT2D eigenvalue weighted by atomic mass is 10.2. The first-order valence-corrected chi connectivity index (χ1v) is 7.94. The van der Waals surface area contributed by atoms with Gasteiger partial charge in [-0.3, -0.25) is 9.59 Å². The molecule has 1 aromatic rings. The van der Waals surface area contributed by atoms with Gasteiger partial charge in [-0.25, -0.2) is 0 Å². The number of benzene rings is 1. The molecule has 0 spiro atoms. The van der Waals surface area contributed by atoms with Gasteiger partial charge in [0.1, 0.15) is 19.8 Å². The fraction of sp³-hybridized carbons (Fsp3) is 0.529. The molecule has 0 bridgehead atoms. The van der Waals surface area contributed by atoms with Crippen molar-refractivity contribution in [2.24, 2.45) is 0 Å². The summed E-state index contributed by atoms with van der Waals surface area (Å²) in [6.45, 7) is 5.25. The number of carbonyl (C=O) groups is 2. The first kappa shape index (κ1) is 17.1. The van der Waals surface area contributed by atoms with E-state index in [-0.39, 0.29) is 18.4 Å². The molecule has 0 unspecified atom stereocenters. The van der Waals surface area contributed by atoms with E-state index in [1.807, 2.05) is 0 Å². The SMILES string of the molecule is CCCCN(C)C(=O)CN(C(C)=O)c1ccc2c(c1)OCCO2. The fourth-order valence-corrected chi connectivity index (χ4v) is 2.36. The van der Waals surface area contributed by atoms with Crippen LogP contribution in [0.2, 0.25) is 0 Å². The molecule has 0 saturated heterocycles. The topological polar surface area (TPSA) is 59.1 Å². The molecule has 6 heteroatoms. The number of likely N-dealkylation sites (N-methyl/N-ethyl adjacent to an activating group) is 1. The highest BCUT2D eigenvalue weighted by Crippen LogP contribution is 2.34. The monoisotopic (exact) mass is 320 g/mol. The number of rotatable bonds is 6. The average molecular weight is 320 g/mol. The highest BCUT2D eigenvalue weighted by molar-refractivity contribution is 5.97. The van der Waals surface area contributed by atoms with Gasteiger partial charge in [-0.2, -0.15) is 0 Å². The third kappa shape index (κ3) is 4.37. The Balaban J connectivity index is 2.12. The molecule has 0 fully saturated rings. The zero-order valence-electron chi connectivity index (χ0n) is 14.0. The molecule has 6 nitrogen and oxygen atoms in total. The van der Waals surface area contributed by atoms with Crippen molar-refractivity contribution in [1.82, 2.24) is 4.90 Å². The van der Waals surface area contributed by atoms with Crippen LogP contribution in [0, 0.1) is 0 Å². The van der Waals surface area contributed by atoms with Crippen LogP contribution in [0.4, 0.5) is 5.69 Å². The normalized spacial score (nSPS) is 12.7. The quantitative estimate of drug-likeness (QED) is 0.805. The summed E-state index contributed by atoms with van der Waals surface area (Å²) in [6, 6.07) is 5.29.